The summed E-state index contributed by atoms with van der Waals surface area (Å²) in [5.41, 5.74) is 13.1. The molecule has 172 valence electrons. The number of hydrogen-bond acceptors (Lipinski definition) is 6. The van der Waals surface area contributed by atoms with Gasteiger partial charge in [-0.1, -0.05) is 23.7 Å². The van der Waals surface area contributed by atoms with E-state index in [0.29, 0.717) is 44.5 Å². The predicted octanol–water partition coefficient (Wildman–Crippen LogP) is 4.93. The minimum atomic E-state index is -0.0847. The third kappa shape index (κ3) is 4.00. The van der Waals surface area contributed by atoms with E-state index in [0.717, 1.165) is 0 Å². The van der Waals surface area contributed by atoms with Crippen LogP contribution in [0.25, 0.3) is 10.8 Å². The van der Waals surface area contributed by atoms with Crippen LogP contribution < -0.4 is 20.9 Å². The molecule has 0 saturated carbocycles. The van der Waals surface area contributed by atoms with Crippen molar-refractivity contribution in [2.45, 2.75) is 0 Å². The van der Waals surface area contributed by atoms with Gasteiger partial charge in [-0.05, 0) is 36.4 Å². The molecule has 6 heteroatoms. The fourth-order valence-electron chi connectivity index (χ4n) is 3.68. The number of aromatic hydroxyl groups is 2. The van der Waals surface area contributed by atoms with E-state index in [2.05, 4.69) is 23.7 Å². The molecule has 0 atom stereocenters. The van der Waals surface area contributed by atoms with Gasteiger partial charge in [-0.15, -0.1) is 25.7 Å². The molecule has 4 aromatic carbocycles. The normalized spacial score (nSPS) is 10.0. The van der Waals surface area contributed by atoms with Gasteiger partial charge >= 0.3 is 0 Å². The summed E-state index contributed by atoms with van der Waals surface area (Å²) in [6.45, 7) is 0. The molecule has 0 aromatic heterocycles. The summed E-state index contributed by atoms with van der Waals surface area (Å²) in [6, 6.07) is 12.0. The molecule has 0 radical (unpaired) electrons. The Morgan fingerprint density at radius 2 is 0.917 bits per heavy atom. The van der Waals surface area contributed by atoms with Gasteiger partial charge in [0.1, 0.15) is 34.5 Å². The van der Waals surface area contributed by atoms with E-state index < -0.39 is 0 Å². The molecule has 0 unspecified atom stereocenters. The number of anilines is 2. The highest BCUT2D eigenvalue weighted by Gasteiger charge is 2.20. The average molecular weight is 470 g/mol. The maximum Gasteiger partial charge on any atom is 0.144 e. The van der Waals surface area contributed by atoms with Crippen molar-refractivity contribution in [2.24, 2.45) is 0 Å². The lowest BCUT2D eigenvalue weighted by atomic mass is 9.92. The number of rotatable bonds is 4. The minimum absolute atomic E-state index is 0.0847. The molecule has 36 heavy (non-hydrogen) atoms. The molecule has 6 N–H and O–H groups in total. The van der Waals surface area contributed by atoms with Gasteiger partial charge in [0.25, 0.3) is 0 Å². The first-order chi connectivity index (χ1) is 17.3. The van der Waals surface area contributed by atoms with Crippen molar-refractivity contribution in [3.63, 3.8) is 0 Å². The van der Waals surface area contributed by atoms with Gasteiger partial charge in [0.2, 0.25) is 0 Å². The first-order valence-corrected chi connectivity index (χ1v) is 10.4. The summed E-state index contributed by atoms with van der Waals surface area (Å²) in [6.07, 6.45) is 23.4. The van der Waals surface area contributed by atoms with Crippen molar-refractivity contribution in [3.05, 3.63) is 70.8 Å². The number of phenolic OH excluding ortho intramolecular Hbond substituents is 2. The van der Waals surface area contributed by atoms with Crippen LogP contribution in [0.5, 0.6) is 34.5 Å². The fraction of sp³-hybridized carbons (Fsp3) is 0. The van der Waals surface area contributed by atoms with Crippen molar-refractivity contribution in [1.82, 2.24) is 0 Å². The lowest BCUT2D eigenvalue weighted by Gasteiger charge is -2.17. The highest BCUT2D eigenvalue weighted by Crippen LogP contribution is 2.41. The number of ether oxygens (including phenoxy) is 2. The van der Waals surface area contributed by atoms with Crippen LogP contribution in [0, 0.1) is 49.4 Å². The van der Waals surface area contributed by atoms with Gasteiger partial charge in [-0.2, -0.15) is 0 Å². The summed E-state index contributed by atoms with van der Waals surface area (Å²) in [4.78, 5) is 0. The van der Waals surface area contributed by atoms with Crippen molar-refractivity contribution in [3.8, 4) is 83.9 Å². The lowest BCUT2D eigenvalue weighted by Crippen LogP contribution is -1.99. The van der Waals surface area contributed by atoms with E-state index in [1.54, 1.807) is 12.1 Å². The van der Waals surface area contributed by atoms with Crippen LogP contribution in [-0.2, 0) is 0 Å². The standard InChI is InChI=1S/C30H18N2O4/c1-5-19-21(7-3)29(35-17-9-11-27(33)25(31)13-17)16-24-20(6-2)22(8-4)30(15-23(19)24)36-18-10-12-28(34)26(32)14-18/h1-4,9-16,33-34H,31-32H2. The summed E-state index contributed by atoms with van der Waals surface area (Å²) in [7, 11) is 0. The molecular formula is C30H18N2O4. The van der Waals surface area contributed by atoms with Gasteiger partial charge in [-0.25, -0.2) is 0 Å². The Morgan fingerprint density at radius 1 is 0.556 bits per heavy atom. The van der Waals surface area contributed by atoms with Gasteiger partial charge in [-0.3, -0.25) is 0 Å². The molecule has 0 fully saturated rings. The smallest absolute Gasteiger partial charge is 0.144 e. The van der Waals surface area contributed by atoms with Gasteiger partial charge in [0.15, 0.2) is 0 Å². The van der Waals surface area contributed by atoms with E-state index >= 15 is 0 Å². The number of benzene rings is 4. The molecule has 0 heterocycles. The number of hydrogen-bond donors (Lipinski definition) is 4. The number of phenols is 2. The molecule has 0 aliphatic heterocycles. The summed E-state index contributed by atoms with van der Waals surface area (Å²) < 4.78 is 12.0. The average Bonchev–Trinajstić information content (AvgIpc) is 2.87. The highest BCUT2D eigenvalue weighted by molar-refractivity contribution is 5.99. The van der Waals surface area contributed by atoms with Crippen molar-refractivity contribution < 1.29 is 19.7 Å². The van der Waals surface area contributed by atoms with E-state index in [1.165, 1.54) is 36.4 Å². The van der Waals surface area contributed by atoms with Gasteiger partial charge < -0.3 is 31.2 Å². The fourth-order valence-corrected chi connectivity index (χ4v) is 3.68. The third-order valence-corrected chi connectivity index (χ3v) is 5.40. The molecule has 4 rings (SSSR count). The van der Waals surface area contributed by atoms with Crippen LogP contribution in [0.4, 0.5) is 11.4 Å². The van der Waals surface area contributed by atoms with Crippen molar-refractivity contribution >= 4 is 22.1 Å². The van der Waals surface area contributed by atoms with Crippen LogP contribution in [0.1, 0.15) is 22.3 Å². The van der Waals surface area contributed by atoms with Crippen molar-refractivity contribution in [1.29, 1.82) is 0 Å². The zero-order valence-electron chi connectivity index (χ0n) is 18.8. The van der Waals surface area contributed by atoms with Gasteiger partial charge in [0.05, 0.1) is 33.6 Å². The topological polar surface area (TPSA) is 111 Å². The van der Waals surface area contributed by atoms with E-state index in [1.807, 2.05) is 0 Å². The van der Waals surface area contributed by atoms with Crippen LogP contribution in [0.3, 0.4) is 0 Å². The second-order valence-corrected chi connectivity index (χ2v) is 7.57. The highest BCUT2D eigenvalue weighted by atomic mass is 16.5. The third-order valence-electron chi connectivity index (χ3n) is 5.40. The Balaban J connectivity index is 1.97. The molecule has 4 aromatic rings. The summed E-state index contributed by atoms with van der Waals surface area (Å²) >= 11 is 0. The molecule has 0 aliphatic rings. The van der Waals surface area contributed by atoms with Crippen LogP contribution >= 0.6 is 0 Å². The zero-order valence-corrected chi connectivity index (χ0v) is 18.8. The maximum absolute atomic E-state index is 9.71. The van der Waals surface area contributed by atoms with Crippen LogP contribution in [0.2, 0.25) is 0 Å². The molecule has 0 spiro atoms. The Kier molecular flexibility index (Phi) is 5.97. The quantitative estimate of drug-likeness (QED) is 0.191. The lowest BCUT2D eigenvalue weighted by molar-refractivity contribution is 0.466. The predicted molar refractivity (Wildman–Crippen MR) is 141 cm³/mol. The zero-order chi connectivity index (χ0) is 26.0. The Bertz CT molecular complexity index is 1600. The number of nitrogen functional groups attached to an aromatic ring is 2. The first-order valence-electron chi connectivity index (χ1n) is 10.4. The van der Waals surface area contributed by atoms with Crippen molar-refractivity contribution in [2.75, 3.05) is 11.5 Å². The maximum atomic E-state index is 9.71. The Hall–Kier alpha value is -5.82. The van der Waals surface area contributed by atoms with Gasteiger partial charge in [0, 0.05) is 22.9 Å². The van der Waals surface area contributed by atoms with Crippen LogP contribution in [-0.4, -0.2) is 10.2 Å². The molecule has 0 amide bonds. The Morgan fingerprint density at radius 3 is 1.22 bits per heavy atom. The van der Waals surface area contributed by atoms with E-state index in [9.17, 15) is 10.2 Å². The largest absolute Gasteiger partial charge is 0.506 e. The van der Waals surface area contributed by atoms with E-state index in [4.69, 9.17) is 46.6 Å². The van der Waals surface area contributed by atoms with E-state index in [-0.39, 0.29) is 34.4 Å². The molecular weight excluding hydrogens is 452 g/mol. The molecule has 0 aliphatic carbocycles. The molecule has 6 nitrogen and oxygen atoms in total. The number of terminal acetylenes is 4. The number of nitrogens with two attached hydrogens (primary N) is 2. The van der Waals surface area contributed by atoms with Crippen LogP contribution in [0.15, 0.2) is 48.5 Å². The SMILES string of the molecule is C#Cc1c(Oc2ccc(O)c(N)c2)cc2c(C#C)c(C#C)c(Oc3ccc(O)c(N)c3)cc2c1C#C. The first kappa shape index (κ1) is 23.3. The Labute approximate surface area is 208 Å². The summed E-state index contributed by atoms with van der Waals surface area (Å²) in [5.74, 6) is 11.4. The molecule has 0 saturated heterocycles. The summed E-state index contributed by atoms with van der Waals surface area (Å²) in [5, 5.41) is 20.5. The second kappa shape index (κ2) is 9.20. The minimum Gasteiger partial charge on any atom is -0.506 e. The molecule has 0 bridgehead atoms. The number of fused-ring (bicyclic) bond motifs is 1. The monoisotopic (exact) mass is 470 g/mol. The second-order valence-electron chi connectivity index (χ2n) is 7.57.